The molecule has 0 aromatic carbocycles. The number of unbranched alkanes of at least 4 members (excludes halogenated alkanes) is 3. The van der Waals surface area contributed by atoms with Crippen LogP contribution in [0.15, 0.2) is 0 Å². The molecular formula is C21H44N2O3. The summed E-state index contributed by atoms with van der Waals surface area (Å²) < 4.78 is 0. The van der Waals surface area contributed by atoms with E-state index in [0.29, 0.717) is 25.4 Å². The number of aliphatic hydroxyl groups is 1. The molecule has 0 spiro atoms. The van der Waals surface area contributed by atoms with Crippen molar-refractivity contribution in [3.05, 3.63) is 0 Å². The molecule has 156 valence electrons. The van der Waals surface area contributed by atoms with Gasteiger partial charge in [0, 0.05) is 26.1 Å². The van der Waals surface area contributed by atoms with Crippen LogP contribution in [0.3, 0.4) is 0 Å². The molecule has 1 heterocycles. The second-order valence-electron chi connectivity index (χ2n) is 7.33. The summed E-state index contributed by atoms with van der Waals surface area (Å²) in [4.78, 5) is 25.3. The van der Waals surface area contributed by atoms with E-state index in [1.54, 1.807) is 4.90 Å². The Hall–Kier alpha value is -1.10. The molecule has 5 nitrogen and oxygen atoms in total. The number of carbonyl (C=O) groups excluding carboxylic acids is 2. The van der Waals surface area contributed by atoms with E-state index in [9.17, 15) is 9.59 Å². The number of rotatable bonds is 8. The van der Waals surface area contributed by atoms with Crippen molar-refractivity contribution in [2.45, 2.75) is 86.5 Å². The largest absolute Gasteiger partial charge is 0.396 e. The minimum atomic E-state index is -0.0281. The van der Waals surface area contributed by atoms with Gasteiger partial charge in [0.25, 0.3) is 0 Å². The number of likely N-dealkylation sites (tertiary alicyclic amines) is 1. The lowest BCUT2D eigenvalue weighted by Gasteiger charge is -2.31. The van der Waals surface area contributed by atoms with Crippen LogP contribution < -0.4 is 5.32 Å². The summed E-state index contributed by atoms with van der Waals surface area (Å²) >= 11 is 0. The first-order valence-electron chi connectivity index (χ1n) is 10.6. The zero-order valence-corrected chi connectivity index (χ0v) is 18.1. The fourth-order valence-corrected chi connectivity index (χ4v) is 2.45. The minimum Gasteiger partial charge on any atom is -0.396 e. The lowest BCUT2D eigenvalue weighted by molar-refractivity contribution is -0.134. The van der Waals surface area contributed by atoms with Gasteiger partial charge in [0.2, 0.25) is 11.8 Å². The molecule has 26 heavy (non-hydrogen) atoms. The average molecular weight is 373 g/mol. The monoisotopic (exact) mass is 372 g/mol. The fraction of sp³-hybridized carbons (Fsp3) is 0.905. The number of nitrogens with one attached hydrogen (secondary N) is 1. The highest BCUT2D eigenvalue weighted by Crippen LogP contribution is 2.16. The molecule has 1 aliphatic rings. The van der Waals surface area contributed by atoms with Crippen LogP contribution in [0.2, 0.25) is 0 Å². The van der Waals surface area contributed by atoms with Gasteiger partial charge >= 0.3 is 0 Å². The molecule has 1 fully saturated rings. The molecule has 1 aliphatic heterocycles. The summed E-state index contributed by atoms with van der Waals surface area (Å²) in [5.41, 5.74) is 0. The molecule has 0 bridgehead atoms. The smallest absolute Gasteiger partial charge is 0.241 e. The predicted molar refractivity (Wildman–Crippen MR) is 110 cm³/mol. The highest BCUT2D eigenvalue weighted by Gasteiger charge is 2.22. The van der Waals surface area contributed by atoms with E-state index in [0.717, 1.165) is 44.4 Å². The van der Waals surface area contributed by atoms with Crippen LogP contribution in [-0.4, -0.2) is 48.1 Å². The third-order valence-corrected chi connectivity index (χ3v) is 3.92. The Bertz CT molecular complexity index is 335. The van der Waals surface area contributed by atoms with Gasteiger partial charge in [-0.2, -0.15) is 0 Å². The number of aliphatic hydroxyl groups excluding tert-OH is 1. The third-order valence-electron chi connectivity index (χ3n) is 3.92. The maximum atomic E-state index is 11.9. The van der Waals surface area contributed by atoms with Crippen LogP contribution in [0.5, 0.6) is 0 Å². The van der Waals surface area contributed by atoms with E-state index in [4.69, 9.17) is 5.11 Å². The Morgan fingerprint density at radius 3 is 2.08 bits per heavy atom. The van der Waals surface area contributed by atoms with E-state index >= 15 is 0 Å². The fourth-order valence-electron chi connectivity index (χ4n) is 2.45. The summed E-state index contributed by atoms with van der Waals surface area (Å²) in [6, 6.07) is 0. The Morgan fingerprint density at radius 2 is 1.62 bits per heavy atom. The molecule has 0 aliphatic carbocycles. The van der Waals surface area contributed by atoms with Crippen LogP contribution in [0.25, 0.3) is 0 Å². The Morgan fingerprint density at radius 1 is 1.08 bits per heavy atom. The van der Waals surface area contributed by atoms with Gasteiger partial charge in [0.1, 0.15) is 0 Å². The highest BCUT2D eigenvalue weighted by molar-refractivity contribution is 5.84. The van der Waals surface area contributed by atoms with E-state index < -0.39 is 0 Å². The van der Waals surface area contributed by atoms with Crippen molar-refractivity contribution >= 4 is 11.8 Å². The number of carbonyl (C=O) groups is 2. The SMILES string of the molecule is CC.CC(C)C.CCCCCCC(=O)NCC(=O)N1CCC(CO)CC1. The van der Waals surface area contributed by atoms with E-state index in [1.165, 1.54) is 0 Å². The van der Waals surface area contributed by atoms with Gasteiger partial charge < -0.3 is 15.3 Å². The first kappa shape index (κ1) is 27.1. The number of hydrogen-bond donors (Lipinski definition) is 2. The maximum absolute atomic E-state index is 11.9. The predicted octanol–water partition coefficient (Wildman–Crippen LogP) is 3.99. The molecule has 2 amide bonds. The van der Waals surface area contributed by atoms with E-state index in [1.807, 2.05) is 13.8 Å². The van der Waals surface area contributed by atoms with Gasteiger partial charge in [0.15, 0.2) is 0 Å². The van der Waals surface area contributed by atoms with E-state index in [2.05, 4.69) is 33.0 Å². The molecule has 0 radical (unpaired) electrons. The van der Waals surface area contributed by atoms with Gasteiger partial charge in [-0.25, -0.2) is 0 Å². The van der Waals surface area contributed by atoms with Crippen molar-refractivity contribution in [1.29, 1.82) is 0 Å². The summed E-state index contributed by atoms with van der Waals surface area (Å²) in [5, 5.41) is 11.8. The number of amides is 2. The quantitative estimate of drug-likeness (QED) is 0.633. The van der Waals surface area contributed by atoms with Crippen LogP contribution in [0, 0.1) is 11.8 Å². The zero-order chi connectivity index (χ0) is 20.4. The molecule has 0 unspecified atom stereocenters. The molecule has 2 N–H and O–H groups in total. The van der Waals surface area contributed by atoms with Crippen molar-refractivity contribution in [1.82, 2.24) is 10.2 Å². The summed E-state index contributed by atoms with van der Waals surface area (Å²) in [5.74, 6) is 1.12. The highest BCUT2D eigenvalue weighted by atomic mass is 16.3. The molecule has 1 rings (SSSR count). The van der Waals surface area contributed by atoms with Gasteiger partial charge in [-0.15, -0.1) is 0 Å². The number of piperidine rings is 1. The summed E-state index contributed by atoms with van der Waals surface area (Å²) in [7, 11) is 0. The minimum absolute atomic E-state index is 0.0108. The molecule has 0 atom stereocenters. The normalized spacial score (nSPS) is 14.1. The number of nitrogens with zero attached hydrogens (tertiary/aromatic N) is 1. The van der Waals surface area contributed by atoms with Gasteiger partial charge in [-0.1, -0.05) is 60.8 Å². The second kappa shape index (κ2) is 18.7. The molecular weight excluding hydrogens is 328 g/mol. The first-order chi connectivity index (χ1) is 12.4. The maximum Gasteiger partial charge on any atom is 0.241 e. The van der Waals surface area contributed by atoms with Crippen LogP contribution in [-0.2, 0) is 9.59 Å². The van der Waals surface area contributed by atoms with E-state index in [-0.39, 0.29) is 25.0 Å². The molecule has 1 saturated heterocycles. The average Bonchev–Trinajstić information content (AvgIpc) is 2.64. The van der Waals surface area contributed by atoms with Crippen molar-refractivity contribution in [2.75, 3.05) is 26.2 Å². The lowest BCUT2D eigenvalue weighted by Crippen LogP contribution is -2.44. The molecule has 0 aromatic heterocycles. The topological polar surface area (TPSA) is 69.6 Å². The second-order valence-corrected chi connectivity index (χ2v) is 7.33. The molecule has 0 aromatic rings. The van der Waals surface area contributed by atoms with Crippen LogP contribution in [0.4, 0.5) is 0 Å². The molecule has 5 heteroatoms. The van der Waals surface area contributed by atoms with Gasteiger partial charge in [-0.05, 0) is 31.1 Å². The third kappa shape index (κ3) is 16.4. The Labute approximate surface area is 161 Å². The first-order valence-corrected chi connectivity index (χ1v) is 10.6. The summed E-state index contributed by atoms with van der Waals surface area (Å²) in [6.45, 7) is 14.3. The number of hydrogen-bond acceptors (Lipinski definition) is 3. The zero-order valence-electron chi connectivity index (χ0n) is 18.1. The molecule has 0 saturated carbocycles. The van der Waals surface area contributed by atoms with Crippen molar-refractivity contribution in [2.24, 2.45) is 11.8 Å². The van der Waals surface area contributed by atoms with Crippen LogP contribution in [0.1, 0.15) is 86.5 Å². The standard InChI is InChI=1S/C15H28N2O3.C4H10.C2H6/c1-2-3-4-5-6-14(19)16-11-15(20)17-9-7-13(12-18)8-10-17;1-4(2)3;1-2/h13,18H,2-12H2,1H3,(H,16,19);4H,1-3H3;1-2H3. The lowest BCUT2D eigenvalue weighted by atomic mass is 9.98. The Kier molecular flexibility index (Phi) is 19.5. The summed E-state index contributed by atoms with van der Waals surface area (Å²) in [6.07, 6.45) is 6.51. The van der Waals surface area contributed by atoms with Crippen LogP contribution >= 0.6 is 0 Å². The Balaban J connectivity index is 0. The van der Waals surface area contributed by atoms with Crippen molar-refractivity contribution in [3.8, 4) is 0 Å². The van der Waals surface area contributed by atoms with Crippen molar-refractivity contribution in [3.63, 3.8) is 0 Å². The van der Waals surface area contributed by atoms with Gasteiger partial charge in [0.05, 0.1) is 6.54 Å². The van der Waals surface area contributed by atoms with Gasteiger partial charge in [-0.3, -0.25) is 9.59 Å². The van der Waals surface area contributed by atoms with Crippen molar-refractivity contribution < 1.29 is 14.7 Å².